The summed E-state index contributed by atoms with van der Waals surface area (Å²) in [5.74, 6) is -0.406. The van der Waals surface area contributed by atoms with Gasteiger partial charge in [0.15, 0.2) is 17.2 Å². The van der Waals surface area contributed by atoms with E-state index < -0.39 is 29.7 Å². The molecule has 0 spiro atoms. The molecule has 0 aliphatic carbocycles. The molecule has 10 nitrogen and oxygen atoms in total. The maximum atomic E-state index is 12.9. The SMILES string of the molecule is COc1ccc(C(c2ccc(OC)cc2)N(C)OC(=O)C(C)NC(=O)c2nccc(OC)c2O)cc1. The van der Waals surface area contributed by atoms with E-state index in [1.165, 1.54) is 31.4 Å². The summed E-state index contributed by atoms with van der Waals surface area (Å²) >= 11 is 0. The van der Waals surface area contributed by atoms with Gasteiger partial charge in [0.2, 0.25) is 0 Å². The summed E-state index contributed by atoms with van der Waals surface area (Å²) in [6.07, 6.45) is 1.32. The first-order valence-electron chi connectivity index (χ1n) is 11.0. The number of aromatic nitrogens is 1. The summed E-state index contributed by atoms with van der Waals surface area (Å²) in [4.78, 5) is 35.0. The van der Waals surface area contributed by atoms with Gasteiger partial charge in [0, 0.05) is 19.3 Å². The van der Waals surface area contributed by atoms with Crippen molar-refractivity contribution in [1.29, 1.82) is 0 Å². The number of pyridine rings is 1. The summed E-state index contributed by atoms with van der Waals surface area (Å²) in [6.45, 7) is 1.47. The van der Waals surface area contributed by atoms with E-state index >= 15 is 0 Å². The van der Waals surface area contributed by atoms with Crippen molar-refractivity contribution in [2.24, 2.45) is 0 Å². The fourth-order valence-electron chi connectivity index (χ4n) is 3.55. The summed E-state index contributed by atoms with van der Waals surface area (Å²) in [5, 5.41) is 14.1. The van der Waals surface area contributed by atoms with Gasteiger partial charge in [-0.15, -0.1) is 5.06 Å². The van der Waals surface area contributed by atoms with Crippen LogP contribution < -0.4 is 19.5 Å². The molecule has 3 aromatic rings. The highest BCUT2D eigenvalue weighted by atomic mass is 16.7. The van der Waals surface area contributed by atoms with Gasteiger partial charge >= 0.3 is 5.97 Å². The fourth-order valence-corrected chi connectivity index (χ4v) is 3.55. The van der Waals surface area contributed by atoms with Gasteiger partial charge in [-0.2, -0.15) is 0 Å². The average Bonchev–Trinajstić information content (AvgIpc) is 2.89. The van der Waals surface area contributed by atoms with Crippen LogP contribution >= 0.6 is 0 Å². The van der Waals surface area contributed by atoms with Crippen molar-refractivity contribution in [3.8, 4) is 23.0 Å². The van der Waals surface area contributed by atoms with Gasteiger partial charge in [0.25, 0.3) is 5.91 Å². The first kappa shape index (κ1) is 26.3. The van der Waals surface area contributed by atoms with Gasteiger partial charge in [0.1, 0.15) is 17.5 Å². The van der Waals surface area contributed by atoms with Crippen LogP contribution in [0.3, 0.4) is 0 Å². The number of rotatable bonds is 10. The van der Waals surface area contributed by atoms with Crippen molar-refractivity contribution in [3.05, 3.63) is 77.6 Å². The minimum absolute atomic E-state index is 0.0898. The van der Waals surface area contributed by atoms with E-state index in [4.69, 9.17) is 19.0 Å². The Morgan fingerprint density at radius 2 is 1.42 bits per heavy atom. The number of carbonyl (C=O) groups excluding carboxylic acids is 2. The van der Waals surface area contributed by atoms with E-state index in [1.54, 1.807) is 21.3 Å². The molecular weight excluding hydrogens is 466 g/mol. The molecule has 0 aliphatic rings. The van der Waals surface area contributed by atoms with Gasteiger partial charge in [-0.25, -0.2) is 9.78 Å². The van der Waals surface area contributed by atoms with Gasteiger partial charge < -0.3 is 29.5 Å². The zero-order chi connectivity index (χ0) is 26.2. The highest BCUT2D eigenvalue weighted by Crippen LogP contribution is 2.31. The lowest BCUT2D eigenvalue weighted by Gasteiger charge is -2.28. The van der Waals surface area contributed by atoms with Crippen molar-refractivity contribution in [1.82, 2.24) is 15.4 Å². The molecule has 0 fully saturated rings. The second-order valence-electron chi connectivity index (χ2n) is 7.81. The molecule has 1 aromatic heterocycles. The van der Waals surface area contributed by atoms with Crippen LogP contribution in [0.2, 0.25) is 0 Å². The van der Waals surface area contributed by atoms with Gasteiger partial charge in [-0.3, -0.25) is 4.79 Å². The summed E-state index contributed by atoms with van der Waals surface area (Å²) in [6, 6.07) is 14.7. The second kappa shape index (κ2) is 11.9. The van der Waals surface area contributed by atoms with Crippen LogP contribution in [-0.4, -0.2) is 61.4 Å². The van der Waals surface area contributed by atoms with Crippen molar-refractivity contribution < 1.29 is 33.7 Å². The van der Waals surface area contributed by atoms with Crippen molar-refractivity contribution in [2.45, 2.75) is 19.0 Å². The second-order valence-corrected chi connectivity index (χ2v) is 7.81. The molecule has 0 saturated carbocycles. The first-order valence-corrected chi connectivity index (χ1v) is 11.0. The zero-order valence-electron chi connectivity index (χ0n) is 20.7. The number of ether oxygens (including phenoxy) is 3. The highest BCUT2D eigenvalue weighted by molar-refractivity contribution is 5.97. The standard InChI is InChI=1S/C26H29N3O7/c1-16(28-25(31)22-24(30)21(35-5)14-15-27-22)26(32)36-29(2)23(17-6-10-19(33-3)11-7-17)18-8-12-20(34-4)13-9-18/h6-16,23,30H,1-5H3,(H,28,31). The lowest BCUT2D eigenvalue weighted by molar-refractivity contribution is -0.193. The molecule has 0 bridgehead atoms. The van der Waals surface area contributed by atoms with Crippen LogP contribution in [0.4, 0.5) is 0 Å². The monoisotopic (exact) mass is 495 g/mol. The maximum absolute atomic E-state index is 12.9. The van der Waals surface area contributed by atoms with Crippen LogP contribution in [-0.2, 0) is 9.63 Å². The smallest absolute Gasteiger partial charge is 0.347 e. The summed E-state index contributed by atoms with van der Waals surface area (Å²) < 4.78 is 15.5. The number of aromatic hydroxyl groups is 1. The lowest BCUT2D eigenvalue weighted by Crippen LogP contribution is -2.42. The van der Waals surface area contributed by atoms with E-state index in [2.05, 4.69) is 10.3 Å². The van der Waals surface area contributed by atoms with Gasteiger partial charge in [-0.05, 0) is 42.3 Å². The molecule has 36 heavy (non-hydrogen) atoms. The van der Waals surface area contributed by atoms with Crippen LogP contribution in [0.15, 0.2) is 60.8 Å². The predicted octanol–water partition coefficient (Wildman–Crippen LogP) is 3.11. The minimum Gasteiger partial charge on any atom is -0.503 e. The normalized spacial score (nSPS) is 11.6. The van der Waals surface area contributed by atoms with E-state index in [1.807, 2.05) is 48.5 Å². The predicted molar refractivity (Wildman–Crippen MR) is 131 cm³/mol. The topological polar surface area (TPSA) is 119 Å². The quantitative estimate of drug-likeness (QED) is 0.409. The Morgan fingerprint density at radius 3 is 1.89 bits per heavy atom. The molecule has 0 saturated heterocycles. The molecule has 10 heteroatoms. The number of hydrogen-bond acceptors (Lipinski definition) is 9. The van der Waals surface area contributed by atoms with E-state index in [0.29, 0.717) is 11.5 Å². The molecule has 1 heterocycles. The molecule has 2 N–H and O–H groups in total. The van der Waals surface area contributed by atoms with Crippen molar-refractivity contribution in [3.63, 3.8) is 0 Å². The van der Waals surface area contributed by atoms with Gasteiger partial charge in [0.05, 0.1) is 27.4 Å². The van der Waals surface area contributed by atoms with Crippen LogP contribution in [0, 0.1) is 0 Å². The minimum atomic E-state index is -1.04. The van der Waals surface area contributed by atoms with Crippen LogP contribution in [0.1, 0.15) is 34.6 Å². The number of hydrogen-bond donors (Lipinski definition) is 2. The Bertz CT molecular complexity index is 1140. The van der Waals surface area contributed by atoms with E-state index in [0.717, 1.165) is 11.1 Å². The van der Waals surface area contributed by atoms with Gasteiger partial charge in [-0.1, -0.05) is 24.3 Å². The molecule has 1 amide bonds. The largest absolute Gasteiger partial charge is 0.503 e. The summed E-state index contributed by atoms with van der Waals surface area (Å²) in [7, 11) is 6.15. The third-order valence-electron chi connectivity index (χ3n) is 5.48. The third-order valence-corrected chi connectivity index (χ3v) is 5.48. The third kappa shape index (κ3) is 6.02. The molecular formula is C26H29N3O7. The maximum Gasteiger partial charge on any atom is 0.347 e. The Hall–Kier alpha value is -4.31. The lowest BCUT2D eigenvalue weighted by atomic mass is 9.98. The van der Waals surface area contributed by atoms with Crippen LogP contribution in [0.5, 0.6) is 23.0 Å². The molecule has 0 radical (unpaired) electrons. The van der Waals surface area contributed by atoms with E-state index in [-0.39, 0.29) is 11.4 Å². The Morgan fingerprint density at radius 1 is 0.889 bits per heavy atom. The zero-order valence-corrected chi connectivity index (χ0v) is 20.7. The highest BCUT2D eigenvalue weighted by Gasteiger charge is 2.27. The number of amides is 1. The Balaban J connectivity index is 1.78. The first-order chi connectivity index (χ1) is 17.3. The molecule has 3 rings (SSSR count). The number of nitrogens with one attached hydrogen (secondary N) is 1. The average molecular weight is 496 g/mol. The molecule has 2 aromatic carbocycles. The van der Waals surface area contributed by atoms with E-state index in [9.17, 15) is 14.7 Å². The number of methoxy groups -OCH3 is 3. The number of benzene rings is 2. The Labute approximate surface area is 209 Å². The van der Waals surface area contributed by atoms with Crippen molar-refractivity contribution in [2.75, 3.05) is 28.4 Å². The summed E-state index contributed by atoms with van der Waals surface area (Å²) in [5.41, 5.74) is 1.42. The number of nitrogens with zero attached hydrogens (tertiary/aromatic N) is 2. The molecule has 0 aliphatic heterocycles. The molecule has 1 unspecified atom stereocenters. The van der Waals surface area contributed by atoms with Crippen LogP contribution in [0.25, 0.3) is 0 Å². The van der Waals surface area contributed by atoms with Crippen molar-refractivity contribution >= 4 is 11.9 Å². The number of carbonyl (C=O) groups is 2. The molecule has 1 atom stereocenters. The molecule has 190 valence electrons. The Kier molecular flexibility index (Phi) is 8.69. The fraction of sp³-hybridized carbons (Fsp3) is 0.269. The number of hydroxylamine groups is 2.